The summed E-state index contributed by atoms with van der Waals surface area (Å²) in [5, 5.41) is 0.650. The summed E-state index contributed by atoms with van der Waals surface area (Å²) in [7, 11) is -2.03. The smallest absolute Gasteiger partial charge is 0.243 e. The van der Waals surface area contributed by atoms with Crippen molar-refractivity contribution in [1.29, 1.82) is 0 Å². The fraction of sp³-hybridized carbons (Fsp3) is 0.167. The molecule has 0 atom stereocenters. The van der Waals surface area contributed by atoms with Gasteiger partial charge < -0.3 is 0 Å². The summed E-state index contributed by atoms with van der Waals surface area (Å²) in [5.41, 5.74) is 2.59. The molecule has 0 aliphatic heterocycles. The van der Waals surface area contributed by atoms with Crippen LogP contribution in [0.25, 0.3) is 10.9 Å². The Labute approximate surface area is 150 Å². The average Bonchev–Trinajstić information content (AvgIpc) is 2.57. The number of aryl methyl sites for hydroxylation is 1. The Morgan fingerprint density at radius 2 is 1.83 bits per heavy atom. The highest BCUT2D eigenvalue weighted by atomic mass is 79.9. The molecule has 6 heteroatoms. The van der Waals surface area contributed by atoms with E-state index < -0.39 is 10.0 Å². The van der Waals surface area contributed by atoms with Gasteiger partial charge in [0.2, 0.25) is 10.0 Å². The molecule has 0 fully saturated rings. The number of hydrogen-bond acceptors (Lipinski definition) is 3. The van der Waals surface area contributed by atoms with Gasteiger partial charge >= 0.3 is 0 Å². The third-order valence-electron chi connectivity index (χ3n) is 3.97. The maximum Gasteiger partial charge on any atom is 0.243 e. The minimum atomic E-state index is -3.62. The van der Waals surface area contributed by atoms with Crippen LogP contribution in [-0.2, 0) is 16.6 Å². The standard InChI is InChI=1S/C18H17BrN2O2S/c1-13-9-10-17(15-7-5-11-20-18(13)15)24(22,23)21(2)12-14-6-3-4-8-16(14)19/h3-11H,12H2,1-2H3. The van der Waals surface area contributed by atoms with Crippen LogP contribution < -0.4 is 0 Å². The van der Waals surface area contributed by atoms with Crippen LogP contribution in [0, 0.1) is 6.92 Å². The van der Waals surface area contributed by atoms with E-state index in [-0.39, 0.29) is 4.90 Å². The first-order valence-electron chi connectivity index (χ1n) is 7.45. The highest BCUT2D eigenvalue weighted by molar-refractivity contribution is 9.10. The van der Waals surface area contributed by atoms with E-state index >= 15 is 0 Å². The van der Waals surface area contributed by atoms with Crippen LogP contribution in [0.4, 0.5) is 0 Å². The van der Waals surface area contributed by atoms with Crippen molar-refractivity contribution in [3.05, 3.63) is 70.3 Å². The lowest BCUT2D eigenvalue weighted by molar-refractivity contribution is 0.467. The van der Waals surface area contributed by atoms with E-state index in [1.165, 1.54) is 4.31 Å². The van der Waals surface area contributed by atoms with Crippen LogP contribution in [-0.4, -0.2) is 24.8 Å². The van der Waals surface area contributed by atoms with Gasteiger partial charge in [-0.1, -0.05) is 40.2 Å². The molecule has 0 radical (unpaired) electrons. The summed E-state index contributed by atoms with van der Waals surface area (Å²) in [4.78, 5) is 4.60. The van der Waals surface area contributed by atoms with Crippen LogP contribution >= 0.6 is 15.9 Å². The van der Waals surface area contributed by atoms with Gasteiger partial charge in [0.15, 0.2) is 0 Å². The molecule has 1 aromatic heterocycles. The first kappa shape index (κ1) is 17.1. The molecule has 0 amide bonds. The van der Waals surface area contributed by atoms with Gasteiger partial charge in [-0.15, -0.1) is 0 Å². The van der Waals surface area contributed by atoms with Crippen molar-refractivity contribution in [3.8, 4) is 0 Å². The van der Waals surface area contributed by atoms with E-state index in [0.717, 1.165) is 15.6 Å². The monoisotopic (exact) mass is 404 g/mol. The zero-order chi connectivity index (χ0) is 17.3. The number of sulfonamides is 1. The molecular weight excluding hydrogens is 388 g/mol. The van der Waals surface area contributed by atoms with Crippen LogP contribution in [0.5, 0.6) is 0 Å². The topological polar surface area (TPSA) is 50.3 Å². The van der Waals surface area contributed by atoms with Crippen LogP contribution in [0.3, 0.4) is 0 Å². The minimum Gasteiger partial charge on any atom is -0.256 e. The molecule has 1 heterocycles. The SMILES string of the molecule is Cc1ccc(S(=O)(=O)N(C)Cc2ccccc2Br)c2cccnc12. The van der Waals surface area contributed by atoms with Crippen molar-refractivity contribution >= 4 is 36.9 Å². The highest BCUT2D eigenvalue weighted by Crippen LogP contribution is 2.28. The number of aromatic nitrogens is 1. The van der Waals surface area contributed by atoms with Gasteiger partial charge in [0.25, 0.3) is 0 Å². The van der Waals surface area contributed by atoms with Gasteiger partial charge in [-0.3, -0.25) is 4.98 Å². The zero-order valence-electron chi connectivity index (χ0n) is 13.4. The first-order chi connectivity index (χ1) is 11.4. The fourth-order valence-corrected chi connectivity index (χ4v) is 4.37. The van der Waals surface area contributed by atoms with Crippen LogP contribution in [0.1, 0.15) is 11.1 Å². The van der Waals surface area contributed by atoms with Crippen molar-refractivity contribution in [2.75, 3.05) is 7.05 Å². The predicted molar refractivity (Wildman–Crippen MR) is 99.3 cm³/mol. The van der Waals surface area contributed by atoms with Gasteiger partial charge in [0, 0.05) is 29.6 Å². The normalized spacial score (nSPS) is 12.0. The Balaban J connectivity index is 2.05. The van der Waals surface area contributed by atoms with E-state index in [9.17, 15) is 8.42 Å². The molecule has 0 aliphatic rings. The number of pyridine rings is 1. The van der Waals surface area contributed by atoms with E-state index in [1.54, 1.807) is 37.5 Å². The second-order valence-electron chi connectivity index (χ2n) is 5.63. The Hall–Kier alpha value is -1.76. The molecule has 124 valence electrons. The number of fused-ring (bicyclic) bond motifs is 1. The molecule has 3 rings (SSSR count). The minimum absolute atomic E-state index is 0.283. The molecule has 0 saturated heterocycles. The Bertz CT molecular complexity index is 1000. The van der Waals surface area contributed by atoms with E-state index in [2.05, 4.69) is 20.9 Å². The van der Waals surface area contributed by atoms with E-state index in [1.807, 2.05) is 31.2 Å². The second-order valence-corrected chi connectivity index (χ2v) is 8.50. The molecule has 0 aliphatic carbocycles. The number of benzene rings is 2. The molecule has 0 saturated carbocycles. The second kappa shape index (κ2) is 6.63. The summed E-state index contributed by atoms with van der Waals surface area (Å²) >= 11 is 3.47. The summed E-state index contributed by atoms with van der Waals surface area (Å²) in [6, 6.07) is 14.6. The lowest BCUT2D eigenvalue weighted by Gasteiger charge is -2.19. The summed E-state index contributed by atoms with van der Waals surface area (Å²) in [6.07, 6.45) is 1.68. The molecule has 2 aromatic carbocycles. The van der Waals surface area contributed by atoms with Gasteiger partial charge in [0.05, 0.1) is 10.4 Å². The van der Waals surface area contributed by atoms with Crippen molar-refractivity contribution in [3.63, 3.8) is 0 Å². The summed E-state index contributed by atoms with van der Waals surface area (Å²) in [6.45, 7) is 2.22. The summed E-state index contributed by atoms with van der Waals surface area (Å²) < 4.78 is 28.4. The number of hydrogen-bond donors (Lipinski definition) is 0. The number of halogens is 1. The highest BCUT2D eigenvalue weighted by Gasteiger charge is 2.24. The lowest BCUT2D eigenvalue weighted by Crippen LogP contribution is -2.27. The van der Waals surface area contributed by atoms with Crippen LogP contribution in [0.2, 0.25) is 0 Å². The van der Waals surface area contributed by atoms with Crippen molar-refractivity contribution in [2.45, 2.75) is 18.4 Å². The molecule has 0 bridgehead atoms. The van der Waals surface area contributed by atoms with Gasteiger partial charge in [0.1, 0.15) is 0 Å². The van der Waals surface area contributed by atoms with Gasteiger partial charge in [-0.25, -0.2) is 8.42 Å². The third-order valence-corrected chi connectivity index (χ3v) is 6.61. The molecular formula is C18H17BrN2O2S. The van der Waals surface area contributed by atoms with Gasteiger partial charge in [-0.2, -0.15) is 4.31 Å². The quantitative estimate of drug-likeness (QED) is 0.656. The lowest BCUT2D eigenvalue weighted by atomic mass is 10.1. The van der Waals surface area contributed by atoms with Gasteiger partial charge in [-0.05, 0) is 42.3 Å². The Kier molecular flexibility index (Phi) is 4.71. The number of rotatable bonds is 4. The predicted octanol–water partition coefficient (Wildman–Crippen LogP) is 4.13. The van der Waals surface area contributed by atoms with Crippen molar-refractivity contribution < 1.29 is 8.42 Å². The third kappa shape index (κ3) is 3.09. The maximum atomic E-state index is 13.1. The maximum absolute atomic E-state index is 13.1. The molecule has 24 heavy (non-hydrogen) atoms. The Morgan fingerprint density at radius 1 is 1.08 bits per heavy atom. The molecule has 4 nitrogen and oxygen atoms in total. The van der Waals surface area contributed by atoms with E-state index in [0.29, 0.717) is 17.4 Å². The van der Waals surface area contributed by atoms with Crippen molar-refractivity contribution in [2.24, 2.45) is 0 Å². The number of nitrogens with zero attached hydrogens (tertiary/aromatic N) is 2. The summed E-state index contributed by atoms with van der Waals surface area (Å²) in [5.74, 6) is 0. The fourth-order valence-electron chi connectivity index (χ4n) is 2.63. The molecule has 0 N–H and O–H groups in total. The van der Waals surface area contributed by atoms with Crippen LogP contribution in [0.15, 0.2) is 64.1 Å². The molecule has 3 aromatic rings. The van der Waals surface area contributed by atoms with Crippen molar-refractivity contribution in [1.82, 2.24) is 9.29 Å². The van der Waals surface area contributed by atoms with E-state index in [4.69, 9.17) is 0 Å². The largest absolute Gasteiger partial charge is 0.256 e. The first-order valence-corrected chi connectivity index (χ1v) is 9.68. The molecule has 0 spiro atoms. The zero-order valence-corrected chi connectivity index (χ0v) is 15.8. The average molecular weight is 405 g/mol. The Morgan fingerprint density at radius 3 is 2.58 bits per heavy atom. The molecule has 0 unspecified atom stereocenters.